The maximum absolute atomic E-state index is 14.6. The Bertz CT molecular complexity index is 1770. The van der Waals surface area contributed by atoms with Gasteiger partial charge in [0.2, 0.25) is 11.8 Å². The molecular formula is C35H36Cl3N3O4S. The maximum Gasteiger partial charge on any atom is 0.264 e. The quantitative estimate of drug-likeness (QED) is 0.155. The number of carbonyl (C=O) groups excluding carboxylic acids is 2. The second kappa shape index (κ2) is 15.8. The molecular weight excluding hydrogens is 665 g/mol. The summed E-state index contributed by atoms with van der Waals surface area (Å²) in [5.41, 5.74) is 2.58. The highest BCUT2D eigenvalue weighted by Gasteiger charge is 2.35. The summed E-state index contributed by atoms with van der Waals surface area (Å²) in [6, 6.07) is 25.9. The van der Waals surface area contributed by atoms with Crippen molar-refractivity contribution in [3.8, 4) is 0 Å². The summed E-state index contributed by atoms with van der Waals surface area (Å²) >= 11 is 18.6. The van der Waals surface area contributed by atoms with E-state index in [0.29, 0.717) is 32.7 Å². The van der Waals surface area contributed by atoms with Gasteiger partial charge in [-0.05, 0) is 85.5 Å². The van der Waals surface area contributed by atoms with Crippen LogP contribution < -0.4 is 9.62 Å². The molecule has 0 bridgehead atoms. The lowest BCUT2D eigenvalue weighted by Gasteiger charge is -2.34. The lowest BCUT2D eigenvalue weighted by molar-refractivity contribution is -0.140. The number of nitrogens with zero attached hydrogens (tertiary/aromatic N) is 2. The van der Waals surface area contributed by atoms with Gasteiger partial charge in [-0.25, -0.2) is 8.42 Å². The van der Waals surface area contributed by atoms with Crippen molar-refractivity contribution in [2.45, 2.75) is 57.1 Å². The first-order chi connectivity index (χ1) is 21.9. The van der Waals surface area contributed by atoms with Gasteiger partial charge in [0.1, 0.15) is 12.6 Å². The second-order valence-corrected chi connectivity index (χ2v) is 14.2. The van der Waals surface area contributed by atoms with Crippen LogP contribution in [0.25, 0.3) is 0 Å². The predicted molar refractivity (Wildman–Crippen MR) is 186 cm³/mol. The minimum absolute atomic E-state index is 0.0240. The van der Waals surface area contributed by atoms with Gasteiger partial charge < -0.3 is 10.2 Å². The van der Waals surface area contributed by atoms with Crippen LogP contribution in [-0.2, 0) is 32.6 Å². The number of amides is 2. The van der Waals surface area contributed by atoms with Gasteiger partial charge in [-0.3, -0.25) is 13.9 Å². The molecule has 0 heterocycles. The molecule has 4 aromatic rings. The summed E-state index contributed by atoms with van der Waals surface area (Å²) in [6.07, 6.45) is 0.884. The highest BCUT2D eigenvalue weighted by atomic mass is 35.5. The fraction of sp³-hybridized carbons (Fsp3) is 0.257. The molecule has 1 N–H and O–H groups in total. The number of hydrogen-bond acceptors (Lipinski definition) is 4. The number of sulfonamides is 1. The molecule has 4 aromatic carbocycles. The summed E-state index contributed by atoms with van der Waals surface area (Å²) in [7, 11) is -4.24. The van der Waals surface area contributed by atoms with Gasteiger partial charge in [0.25, 0.3) is 10.0 Å². The molecule has 46 heavy (non-hydrogen) atoms. The third-order valence-electron chi connectivity index (χ3n) is 7.58. The van der Waals surface area contributed by atoms with Crippen molar-refractivity contribution in [1.82, 2.24) is 10.2 Å². The number of benzene rings is 4. The Balaban J connectivity index is 1.82. The van der Waals surface area contributed by atoms with Crippen molar-refractivity contribution in [2.24, 2.45) is 0 Å². The van der Waals surface area contributed by atoms with Crippen molar-refractivity contribution < 1.29 is 18.0 Å². The van der Waals surface area contributed by atoms with Crippen molar-refractivity contribution >= 4 is 62.3 Å². The Morgan fingerprint density at radius 2 is 1.52 bits per heavy atom. The zero-order valence-corrected chi connectivity index (χ0v) is 28.9. The van der Waals surface area contributed by atoms with Gasteiger partial charge in [-0.15, -0.1) is 0 Å². The average molecular weight is 701 g/mol. The molecule has 0 aromatic heterocycles. The lowest BCUT2D eigenvalue weighted by atomic mass is 10.0. The molecule has 0 saturated carbocycles. The Morgan fingerprint density at radius 3 is 2.15 bits per heavy atom. The van der Waals surface area contributed by atoms with Gasteiger partial charge in [0.15, 0.2) is 0 Å². The predicted octanol–water partition coefficient (Wildman–Crippen LogP) is 7.71. The first-order valence-corrected chi connectivity index (χ1v) is 17.4. The number of hydrogen-bond donors (Lipinski definition) is 1. The number of carbonyl (C=O) groups is 2. The number of aryl methyl sites for hydroxylation is 1. The number of anilines is 1. The molecule has 0 fully saturated rings. The van der Waals surface area contributed by atoms with Gasteiger partial charge in [-0.1, -0.05) is 90.3 Å². The minimum atomic E-state index is -4.24. The Hall–Kier alpha value is -3.56. The fourth-order valence-electron chi connectivity index (χ4n) is 4.88. The summed E-state index contributed by atoms with van der Waals surface area (Å²) < 4.78 is 29.3. The van der Waals surface area contributed by atoms with E-state index in [1.165, 1.54) is 29.2 Å². The average Bonchev–Trinajstić information content (AvgIpc) is 3.03. The van der Waals surface area contributed by atoms with E-state index in [-0.39, 0.29) is 29.8 Å². The Labute approximate surface area is 286 Å². The summed E-state index contributed by atoms with van der Waals surface area (Å²) in [4.78, 5) is 29.9. The molecule has 2 amide bonds. The molecule has 0 aliphatic heterocycles. The van der Waals surface area contributed by atoms with E-state index in [1.807, 2.05) is 57.2 Å². The van der Waals surface area contributed by atoms with Crippen LogP contribution >= 0.6 is 34.8 Å². The zero-order chi connectivity index (χ0) is 33.4. The maximum atomic E-state index is 14.6. The monoisotopic (exact) mass is 699 g/mol. The highest BCUT2D eigenvalue weighted by molar-refractivity contribution is 7.92. The minimum Gasteiger partial charge on any atom is -0.352 e. The van der Waals surface area contributed by atoms with Crippen LogP contribution in [0, 0.1) is 6.92 Å². The summed E-state index contributed by atoms with van der Waals surface area (Å²) in [5.74, 6) is -0.931. The standard InChI is InChI=1S/C35H36Cl3N3O4S/c1-4-25(3)39-35(43)33(21-26-10-6-5-7-11-26)40(22-27-13-18-31(37)32(38)20-27)34(42)23-41(29-12-8-9-24(2)19-29)46(44,45)30-16-14-28(36)15-17-30/h5-20,25,33H,4,21-23H2,1-3H3,(H,39,43)/t25-,33-/m1/s1. The van der Waals surface area contributed by atoms with Crippen LogP contribution in [0.15, 0.2) is 102 Å². The molecule has 0 unspecified atom stereocenters. The molecule has 0 aliphatic carbocycles. The van der Waals surface area contributed by atoms with E-state index in [0.717, 1.165) is 15.4 Å². The lowest BCUT2D eigenvalue weighted by Crippen LogP contribution is -2.54. The molecule has 7 nitrogen and oxygen atoms in total. The van der Waals surface area contributed by atoms with Crippen LogP contribution in [0.4, 0.5) is 5.69 Å². The Morgan fingerprint density at radius 1 is 0.826 bits per heavy atom. The summed E-state index contributed by atoms with van der Waals surface area (Å²) in [5, 5.41) is 4.04. The smallest absolute Gasteiger partial charge is 0.264 e. The van der Waals surface area contributed by atoms with E-state index in [2.05, 4.69) is 5.32 Å². The number of halogens is 3. The second-order valence-electron chi connectivity index (χ2n) is 11.1. The van der Waals surface area contributed by atoms with Gasteiger partial charge in [0, 0.05) is 24.0 Å². The van der Waals surface area contributed by atoms with Crippen molar-refractivity contribution in [2.75, 3.05) is 10.8 Å². The van der Waals surface area contributed by atoms with E-state index in [9.17, 15) is 18.0 Å². The van der Waals surface area contributed by atoms with E-state index in [1.54, 1.807) is 36.4 Å². The molecule has 0 saturated heterocycles. The van der Waals surface area contributed by atoms with Crippen LogP contribution in [0.2, 0.25) is 15.1 Å². The van der Waals surface area contributed by atoms with Crippen molar-refractivity contribution in [1.29, 1.82) is 0 Å². The fourth-order valence-corrected chi connectivity index (χ4v) is 6.73. The van der Waals surface area contributed by atoms with E-state index in [4.69, 9.17) is 34.8 Å². The van der Waals surface area contributed by atoms with Crippen molar-refractivity contribution in [3.05, 3.63) is 129 Å². The first kappa shape index (κ1) is 35.3. The molecule has 0 spiro atoms. The van der Waals surface area contributed by atoms with Crippen LogP contribution in [0.1, 0.15) is 37.0 Å². The number of rotatable bonds is 13. The first-order valence-electron chi connectivity index (χ1n) is 14.8. The van der Waals surface area contributed by atoms with Gasteiger partial charge in [-0.2, -0.15) is 0 Å². The SMILES string of the molecule is CC[C@@H](C)NC(=O)[C@@H](Cc1ccccc1)N(Cc1ccc(Cl)c(Cl)c1)C(=O)CN(c1cccc(C)c1)S(=O)(=O)c1ccc(Cl)cc1. The Kier molecular flexibility index (Phi) is 12.1. The van der Waals surface area contributed by atoms with Crippen LogP contribution in [0.3, 0.4) is 0 Å². The molecule has 0 aliphatic rings. The van der Waals surface area contributed by atoms with E-state index < -0.39 is 28.5 Å². The van der Waals surface area contributed by atoms with Crippen LogP contribution in [0.5, 0.6) is 0 Å². The molecule has 11 heteroatoms. The summed E-state index contributed by atoms with van der Waals surface area (Å²) in [6.45, 7) is 5.09. The largest absolute Gasteiger partial charge is 0.352 e. The third kappa shape index (κ3) is 9.04. The number of nitrogens with one attached hydrogen (secondary N) is 1. The third-order valence-corrected chi connectivity index (χ3v) is 10.4. The molecule has 0 radical (unpaired) electrons. The normalized spacial score (nSPS) is 12.7. The van der Waals surface area contributed by atoms with Gasteiger partial charge >= 0.3 is 0 Å². The van der Waals surface area contributed by atoms with Crippen LogP contribution in [-0.4, -0.2) is 43.8 Å². The molecule has 2 atom stereocenters. The molecule has 4 rings (SSSR count). The zero-order valence-electron chi connectivity index (χ0n) is 25.8. The topological polar surface area (TPSA) is 86.8 Å². The van der Waals surface area contributed by atoms with Crippen molar-refractivity contribution in [3.63, 3.8) is 0 Å². The van der Waals surface area contributed by atoms with E-state index >= 15 is 0 Å². The highest BCUT2D eigenvalue weighted by Crippen LogP contribution is 2.28. The van der Waals surface area contributed by atoms with Gasteiger partial charge in [0.05, 0.1) is 20.6 Å². The molecule has 242 valence electrons.